The Hall–Kier alpha value is -2.34. The van der Waals surface area contributed by atoms with E-state index < -0.39 is 5.78 Å². The number of terminal acetylenes is 1. The first-order valence-corrected chi connectivity index (χ1v) is 4.77. The molecule has 0 unspecified atom stereocenters. The van der Waals surface area contributed by atoms with Gasteiger partial charge in [0.15, 0.2) is 0 Å². The number of carbonyl (C=O) groups is 2. The summed E-state index contributed by atoms with van der Waals surface area (Å²) in [4.78, 5) is 22.9. The maximum atomic E-state index is 11.5. The van der Waals surface area contributed by atoms with Crippen molar-refractivity contribution < 1.29 is 9.59 Å². The predicted octanol–water partition coefficient (Wildman–Crippen LogP) is 2.12. The van der Waals surface area contributed by atoms with Crippen LogP contribution in [0.2, 0.25) is 0 Å². The topological polar surface area (TPSA) is 39.1 Å². The van der Waals surface area contributed by atoms with Crippen molar-refractivity contribution in [2.45, 2.75) is 6.92 Å². The van der Waals surface area contributed by atoms with E-state index in [1.54, 1.807) is 18.2 Å². The molecule has 0 saturated heterocycles. The van der Waals surface area contributed by atoms with E-state index in [-0.39, 0.29) is 5.91 Å². The van der Waals surface area contributed by atoms with Gasteiger partial charge in [-0.15, -0.1) is 6.42 Å². The van der Waals surface area contributed by atoms with Crippen molar-refractivity contribution in [1.82, 2.24) is 4.57 Å². The summed E-state index contributed by atoms with van der Waals surface area (Å²) in [7, 11) is 0. The summed E-state index contributed by atoms with van der Waals surface area (Å²) in [6, 6.07) is 7.18. The highest BCUT2D eigenvalue weighted by atomic mass is 16.2. The fourth-order valence-electron chi connectivity index (χ4n) is 1.70. The van der Waals surface area contributed by atoms with E-state index in [0.717, 1.165) is 0 Å². The molecule has 2 aromatic rings. The first-order chi connectivity index (χ1) is 7.65. The molecule has 1 aromatic carbocycles. The van der Waals surface area contributed by atoms with Crippen LogP contribution in [0.5, 0.6) is 0 Å². The third kappa shape index (κ3) is 1.41. The lowest BCUT2D eigenvalue weighted by molar-refractivity contribution is 0.0941. The van der Waals surface area contributed by atoms with Crippen molar-refractivity contribution in [3.05, 3.63) is 36.0 Å². The first kappa shape index (κ1) is 10.2. The van der Waals surface area contributed by atoms with Crippen LogP contribution in [0.4, 0.5) is 0 Å². The van der Waals surface area contributed by atoms with Crippen LogP contribution in [0.15, 0.2) is 30.5 Å². The van der Waals surface area contributed by atoms with Gasteiger partial charge in [-0.1, -0.05) is 18.2 Å². The number of aromatic nitrogens is 1. The molecule has 0 N–H and O–H groups in total. The van der Waals surface area contributed by atoms with Crippen LogP contribution in [0.3, 0.4) is 0 Å². The summed E-state index contributed by atoms with van der Waals surface area (Å²) in [6.45, 7) is 1.44. The minimum absolute atomic E-state index is 0.146. The minimum Gasteiger partial charge on any atom is -0.287 e. The number of carbonyl (C=O) groups excluding carboxylic acids is 2. The number of nitrogens with zero attached hydrogens (tertiary/aromatic N) is 1. The van der Waals surface area contributed by atoms with Gasteiger partial charge in [0.25, 0.3) is 0 Å². The van der Waals surface area contributed by atoms with Crippen LogP contribution < -0.4 is 0 Å². The number of fused-ring (bicyclic) bond motifs is 1. The Labute approximate surface area is 92.7 Å². The predicted molar refractivity (Wildman–Crippen MR) is 61.4 cm³/mol. The second kappa shape index (κ2) is 3.67. The molecule has 0 spiro atoms. The average molecular weight is 211 g/mol. The fraction of sp³-hybridized carbons (Fsp3) is 0.0769. The van der Waals surface area contributed by atoms with Crippen LogP contribution in [-0.2, 0) is 0 Å². The van der Waals surface area contributed by atoms with Crippen molar-refractivity contribution in [3.63, 3.8) is 0 Å². The van der Waals surface area contributed by atoms with Gasteiger partial charge in [0.2, 0.25) is 11.7 Å². The van der Waals surface area contributed by atoms with E-state index in [1.807, 2.05) is 6.07 Å². The van der Waals surface area contributed by atoms with Crippen LogP contribution in [0, 0.1) is 12.3 Å². The summed E-state index contributed by atoms with van der Waals surface area (Å²) in [5, 5.41) is 0.709. The van der Waals surface area contributed by atoms with E-state index >= 15 is 0 Å². The molecule has 1 heterocycles. The largest absolute Gasteiger partial charge is 0.287 e. The fourth-order valence-corrected chi connectivity index (χ4v) is 1.70. The van der Waals surface area contributed by atoms with Crippen LogP contribution in [0.1, 0.15) is 22.1 Å². The zero-order valence-corrected chi connectivity index (χ0v) is 8.73. The lowest BCUT2D eigenvalue weighted by Gasteiger charge is -1.96. The SMILES string of the molecule is C#CC(=O)c1cn(C(C)=O)c2ccccc12. The normalized spacial score (nSPS) is 10.0. The van der Waals surface area contributed by atoms with Gasteiger partial charge in [-0.05, 0) is 12.0 Å². The number of rotatable bonds is 1. The molecule has 0 amide bonds. The van der Waals surface area contributed by atoms with Gasteiger partial charge < -0.3 is 0 Å². The summed E-state index contributed by atoms with van der Waals surface area (Å²) in [6.07, 6.45) is 6.58. The molecule has 0 bridgehead atoms. The van der Waals surface area contributed by atoms with Crippen molar-refractivity contribution >= 4 is 22.6 Å². The third-order valence-electron chi connectivity index (χ3n) is 2.43. The smallest absolute Gasteiger partial charge is 0.237 e. The molecule has 0 aliphatic rings. The van der Waals surface area contributed by atoms with Crippen molar-refractivity contribution in [3.8, 4) is 12.3 Å². The quantitative estimate of drug-likeness (QED) is 0.411. The summed E-state index contributed by atoms with van der Waals surface area (Å²) < 4.78 is 1.43. The number of hydrogen-bond acceptors (Lipinski definition) is 2. The molecule has 16 heavy (non-hydrogen) atoms. The van der Waals surface area contributed by atoms with Crippen LogP contribution in [-0.4, -0.2) is 16.3 Å². The maximum absolute atomic E-state index is 11.5. The van der Waals surface area contributed by atoms with Crippen molar-refractivity contribution in [1.29, 1.82) is 0 Å². The van der Waals surface area contributed by atoms with Gasteiger partial charge >= 0.3 is 0 Å². The van der Waals surface area contributed by atoms with Gasteiger partial charge in [-0.25, -0.2) is 0 Å². The standard InChI is InChI=1S/C13H9NO2/c1-3-13(16)11-8-14(9(2)15)12-7-5-4-6-10(11)12/h1,4-8H,2H3. The highest BCUT2D eigenvalue weighted by molar-refractivity contribution is 6.17. The lowest BCUT2D eigenvalue weighted by atomic mass is 10.1. The van der Waals surface area contributed by atoms with E-state index in [4.69, 9.17) is 6.42 Å². The van der Waals surface area contributed by atoms with Crippen molar-refractivity contribution in [2.24, 2.45) is 0 Å². The molecule has 3 nitrogen and oxygen atoms in total. The molecule has 0 radical (unpaired) electrons. The Kier molecular flexibility index (Phi) is 2.34. The lowest BCUT2D eigenvalue weighted by Crippen LogP contribution is -2.03. The van der Waals surface area contributed by atoms with Crippen molar-refractivity contribution in [2.75, 3.05) is 0 Å². The summed E-state index contributed by atoms with van der Waals surface area (Å²) in [5.74, 6) is 1.51. The molecule has 78 valence electrons. The zero-order chi connectivity index (χ0) is 11.7. The molecule has 0 aliphatic carbocycles. The monoisotopic (exact) mass is 211 g/mol. The molecule has 0 atom stereocenters. The van der Waals surface area contributed by atoms with Crippen LogP contribution in [0.25, 0.3) is 10.9 Å². The number of Topliss-reactive ketones (excluding diaryl/α,β-unsaturated/α-hetero) is 1. The van der Waals surface area contributed by atoms with E-state index in [9.17, 15) is 9.59 Å². The van der Waals surface area contributed by atoms with E-state index in [1.165, 1.54) is 17.7 Å². The van der Waals surface area contributed by atoms with Gasteiger partial charge in [0.1, 0.15) is 0 Å². The highest BCUT2D eigenvalue weighted by Gasteiger charge is 2.14. The third-order valence-corrected chi connectivity index (χ3v) is 2.43. The van der Waals surface area contributed by atoms with E-state index in [2.05, 4.69) is 5.92 Å². The molecule has 3 heteroatoms. The Bertz CT molecular complexity index is 629. The summed E-state index contributed by atoms with van der Waals surface area (Å²) >= 11 is 0. The molecule has 0 saturated carbocycles. The number of para-hydroxylation sites is 1. The molecular weight excluding hydrogens is 202 g/mol. The first-order valence-electron chi connectivity index (χ1n) is 4.77. The molecule has 1 aromatic heterocycles. The highest BCUT2D eigenvalue weighted by Crippen LogP contribution is 2.21. The zero-order valence-electron chi connectivity index (χ0n) is 8.73. The van der Waals surface area contributed by atoms with Gasteiger partial charge in [-0.2, -0.15) is 0 Å². The summed E-state index contributed by atoms with van der Waals surface area (Å²) in [5.41, 5.74) is 1.10. The second-order valence-electron chi connectivity index (χ2n) is 3.42. The molecule has 0 fully saturated rings. The Morgan fingerprint density at radius 3 is 2.62 bits per heavy atom. The number of ketones is 1. The van der Waals surface area contributed by atoms with Gasteiger partial charge in [-0.3, -0.25) is 14.2 Å². The average Bonchev–Trinajstić information content (AvgIpc) is 2.67. The number of benzene rings is 1. The molecule has 0 aliphatic heterocycles. The molecule has 2 rings (SSSR count). The Morgan fingerprint density at radius 1 is 1.31 bits per heavy atom. The Morgan fingerprint density at radius 2 is 2.00 bits per heavy atom. The van der Waals surface area contributed by atoms with Crippen LogP contribution >= 0.6 is 0 Å². The minimum atomic E-state index is -0.406. The van der Waals surface area contributed by atoms with Gasteiger partial charge in [0.05, 0.1) is 11.1 Å². The van der Waals surface area contributed by atoms with E-state index in [0.29, 0.717) is 16.5 Å². The maximum Gasteiger partial charge on any atom is 0.237 e. The Balaban J connectivity index is 2.83. The molecular formula is C13H9NO2. The second-order valence-corrected chi connectivity index (χ2v) is 3.42. The number of hydrogen-bond donors (Lipinski definition) is 0. The van der Waals surface area contributed by atoms with Gasteiger partial charge in [0, 0.05) is 18.5 Å².